The van der Waals surface area contributed by atoms with Gasteiger partial charge in [-0.05, 0) is 45.8 Å². The number of rotatable bonds is 3. The topological polar surface area (TPSA) is 42.2 Å². The summed E-state index contributed by atoms with van der Waals surface area (Å²) in [7, 11) is 0. The molecule has 7 heteroatoms. The van der Waals surface area contributed by atoms with E-state index in [1.165, 1.54) is 0 Å². The molecule has 2 aromatic heterocycles. The van der Waals surface area contributed by atoms with Crippen molar-refractivity contribution in [2.45, 2.75) is 6.54 Å². The highest BCUT2D eigenvalue weighted by molar-refractivity contribution is 9.10. The normalized spacial score (nSPS) is 10.9. The molecule has 1 N–H and O–H groups in total. The van der Waals surface area contributed by atoms with Crippen LogP contribution < -0.4 is 5.32 Å². The number of anilines is 1. The van der Waals surface area contributed by atoms with Gasteiger partial charge in [0.1, 0.15) is 10.4 Å². The van der Waals surface area contributed by atoms with Crippen molar-refractivity contribution in [3.8, 4) is 0 Å². The first-order valence-electron chi connectivity index (χ1n) is 5.81. The van der Waals surface area contributed by atoms with E-state index in [1.54, 1.807) is 16.8 Å². The summed E-state index contributed by atoms with van der Waals surface area (Å²) in [5, 5.41) is 8.76. The Kier molecular flexibility index (Phi) is 3.83. The van der Waals surface area contributed by atoms with E-state index in [0.717, 1.165) is 21.6 Å². The Morgan fingerprint density at radius 1 is 1.15 bits per heavy atom. The van der Waals surface area contributed by atoms with Crippen LogP contribution in [0.5, 0.6) is 0 Å². The number of fused-ring (bicyclic) bond motifs is 1. The largest absolute Gasteiger partial charge is 0.365 e. The molecule has 0 saturated heterocycles. The van der Waals surface area contributed by atoms with Crippen LogP contribution in [0.25, 0.3) is 5.65 Å². The highest BCUT2D eigenvalue weighted by atomic mass is 79.9. The number of hydrogen-bond acceptors (Lipinski definition) is 3. The van der Waals surface area contributed by atoms with Gasteiger partial charge in [0, 0.05) is 6.54 Å². The first-order chi connectivity index (χ1) is 9.63. The van der Waals surface area contributed by atoms with Crippen LogP contribution in [0.3, 0.4) is 0 Å². The van der Waals surface area contributed by atoms with Crippen molar-refractivity contribution in [2.24, 2.45) is 0 Å². The van der Waals surface area contributed by atoms with Gasteiger partial charge < -0.3 is 5.32 Å². The number of nitrogens with zero attached hydrogens (tertiary/aromatic N) is 3. The molecule has 102 valence electrons. The quantitative estimate of drug-likeness (QED) is 0.741. The van der Waals surface area contributed by atoms with Crippen LogP contribution in [0.4, 0.5) is 5.82 Å². The first-order valence-corrected chi connectivity index (χ1v) is 7.36. The second kappa shape index (κ2) is 5.60. The average molecular weight is 372 g/mol. The molecule has 20 heavy (non-hydrogen) atoms. The van der Waals surface area contributed by atoms with Gasteiger partial charge in [-0.15, -0.1) is 5.10 Å². The van der Waals surface area contributed by atoms with Gasteiger partial charge in [-0.2, -0.15) is 0 Å². The van der Waals surface area contributed by atoms with Crippen molar-refractivity contribution in [1.82, 2.24) is 14.6 Å². The maximum Gasteiger partial charge on any atom is 0.154 e. The Morgan fingerprint density at radius 2 is 2.00 bits per heavy atom. The summed E-state index contributed by atoms with van der Waals surface area (Å²) in [6.07, 6.45) is 1.71. The molecule has 0 radical (unpaired) electrons. The Hall–Kier alpha value is -1.30. The maximum atomic E-state index is 5.99. The number of halogens is 3. The fourth-order valence-electron chi connectivity index (χ4n) is 1.78. The third-order valence-electron chi connectivity index (χ3n) is 2.78. The van der Waals surface area contributed by atoms with Gasteiger partial charge in [-0.1, -0.05) is 29.3 Å². The van der Waals surface area contributed by atoms with Gasteiger partial charge in [-0.3, -0.25) is 0 Å². The van der Waals surface area contributed by atoms with E-state index in [1.807, 2.05) is 24.3 Å². The van der Waals surface area contributed by atoms with Crippen LogP contribution in [0.1, 0.15) is 5.56 Å². The molecule has 0 aliphatic rings. The van der Waals surface area contributed by atoms with E-state index < -0.39 is 0 Å². The van der Waals surface area contributed by atoms with Gasteiger partial charge in [0.2, 0.25) is 0 Å². The summed E-state index contributed by atoms with van der Waals surface area (Å²) in [5.74, 6) is 0.752. The maximum absolute atomic E-state index is 5.99. The molecule has 2 heterocycles. The SMILES string of the molecule is Clc1ccc(CNc2ccc3ncc(Br)n3n2)cc1Cl. The lowest BCUT2D eigenvalue weighted by Crippen LogP contribution is -2.04. The van der Waals surface area contributed by atoms with Gasteiger partial charge in [0.05, 0.1) is 16.2 Å². The molecule has 0 atom stereocenters. The molecule has 0 bridgehead atoms. The number of aromatic nitrogens is 3. The second-order valence-corrected chi connectivity index (χ2v) is 5.80. The molecule has 0 aliphatic carbocycles. The van der Waals surface area contributed by atoms with Crippen LogP contribution in [-0.4, -0.2) is 14.6 Å². The predicted molar refractivity (Wildman–Crippen MR) is 84.5 cm³/mol. The zero-order valence-corrected chi connectivity index (χ0v) is 13.2. The smallest absolute Gasteiger partial charge is 0.154 e. The van der Waals surface area contributed by atoms with Gasteiger partial charge in [-0.25, -0.2) is 9.50 Å². The molecule has 0 saturated carbocycles. The van der Waals surface area contributed by atoms with Crippen LogP contribution in [0, 0.1) is 0 Å². The van der Waals surface area contributed by atoms with Crippen molar-refractivity contribution in [3.63, 3.8) is 0 Å². The van der Waals surface area contributed by atoms with E-state index in [4.69, 9.17) is 23.2 Å². The van der Waals surface area contributed by atoms with Crippen molar-refractivity contribution >= 4 is 50.6 Å². The zero-order valence-electron chi connectivity index (χ0n) is 10.1. The lowest BCUT2D eigenvalue weighted by atomic mass is 10.2. The van der Waals surface area contributed by atoms with Gasteiger partial charge in [0.15, 0.2) is 5.65 Å². The molecular weight excluding hydrogens is 363 g/mol. The van der Waals surface area contributed by atoms with E-state index >= 15 is 0 Å². The second-order valence-electron chi connectivity index (χ2n) is 4.17. The molecule has 3 rings (SSSR count). The predicted octanol–water partition coefficient (Wildman–Crippen LogP) is 4.41. The molecule has 1 aromatic carbocycles. The molecular formula is C13H9BrCl2N4. The van der Waals surface area contributed by atoms with Gasteiger partial charge in [0.25, 0.3) is 0 Å². The van der Waals surface area contributed by atoms with Crippen LogP contribution in [-0.2, 0) is 6.54 Å². The minimum atomic E-state index is 0.548. The number of nitrogens with one attached hydrogen (secondary N) is 1. The number of benzene rings is 1. The van der Waals surface area contributed by atoms with Crippen LogP contribution in [0.2, 0.25) is 10.0 Å². The molecule has 0 spiro atoms. The Morgan fingerprint density at radius 3 is 2.80 bits per heavy atom. The van der Waals surface area contributed by atoms with Crippen LogP contribution in [0.15, 0.2) is 41.1 Å². The Labute approximate surface area is 133 Å². The highest BCUT2D eigenvalue weighted by Crippen LogP contribution is 2.23. The van der Waals surface area contributed by atoms with Crippen LogP contribution >= 0.6 is 39.1 Å². The summed E-state index contributed by atoms with van der Waals surface area (Å²) in [6.45, 7) is 0.613. The molecule has 0 aliphatic heterocycles. The minimum absolute atomic E-state index is 0.548. The van der Waals surface area contributed by atoms with Crippen molar-refractivity contribution < 1.29 is 0 Å². The first kappa shape index (κ1) is 13.7. The standard InChI is InChI=1S/C13H9BrCl2N4/c14-11-7-18-13-4-3-12(19-20(11)13)17-6-8-1-2-9(15)10(16)5-8/h1-5,7H,6H2,(H,17,19). The zero-order chi connectivity index (χ0) is 14.1. The Balaban J connectivity index is 1.79. The molecule has 4 nitrogen and oxygen atoms in total. The highest BCUT2D eigenvalue weighted by Gasteiger charge is 2.04. The van der Waals surface area contributed by atoms with Gasteiger partial charge >= 0.3 is 0 Å². The van der Waals surface area contributed by atoms with E-state index in [2.05, 4.69) is 31.3 Å². The molecule has 0 unspecified atom stereocenters. The summed E-state index contributed by atoms with van der Waals surface area (Å²) in [4.78, 5) is 4.19. The lowest BCUT2D eigenvalue weighted by Gasteiger charge is -2.07. The third-order valence-corrected chi connectivity index (χ3v) is 4.06. The van der Waals surface area contributed by atoms with E-state index in [-0.39, 0.29) is 0 Å². The fourth-order valence-corrected chi connectivity index (χ4v) is 2.47. The molecule has 0 amide bonds. The van der Waals surface area contributed by atoms with E-state index in [9.17, 15) is 0 Å². The summed E-state index contributed by atoms with van der Waals surface area (Å²) < 4.78 is 2.53. The molecule has 0 fully saturated rings. The minimum Gasteiger partial charge on any atom is -0.365 e. The van der Waals surface area contributed by atoms with Crippen molar-refractivity contribution in [2.75, 3.05) is 5.32 Å². The summed E-state index contributed by atoms with van der Waals surface area (Å²) >= 11 is 15.3. The molecule has 3 aromatic rings. The van der Waals surface area contributed by atoms with E-state index in [0.29, 0.717) is 16.6 Å². The third kappa shape index (κ3) is 2.75. The number of hydrogen-bond donors (Lipinski definition) is 1. The lowest BCUT2D eigenvalue weighted by molar-refractivity contribution is 0.907. The van der Waals surface area contributed by atoms with Crippen molar-refractivity contribution in [3.05, 3.63) is 56.7 Å². The van der Waals surface area contributed by atoms with Crippen molar-refractivity contribution in [1.29, 1.82) is 0 Å². The summed E-state index contributed by atoms with van der Waals surface area (Å²) in [6, 6.07) is 9.32. The monoisotopic (exact) mass is 370 g/mol. The fraction of sp³-hybridized carbons (Fsp3) is 0.0769. The number of imidazole rings is 1. The Bertz CT molecular complexity index is 772. The average Bonchev–Trinajstić information content (AvgIpc) is 2.81. The summed E-state index contributed by atoms with van der Waals surface area (Å²) in [5.41, 5.74) is 1.82.